The molecule has 1 saturated heterocycles. The van der Waals surface area contributed by atoms with E-state index in [9.17, 15) is 4.79 Å². The molecule has 5 heteroatoms. The SMILES string of the molecule is CCCCC.Cc1cc(C(=O)N2CCC(Cl)C2)ccc1Nc1cccc(Cl)c1. The second-order valence-corrected chi connectivity index (χ2v) is 8.21. The van der Waals surface area contributed by atoms with E-state index in [4.69, 9.17) is 23.2 Å². The normalized spacial score (nSPS) is 15.8. The van der Waals surface area contributed by atoms with Crippen molar-refractivity contribution in [1.29, 1.82) is 0 Å². The van der Waals surface area contributed by atoms with Crippen LogP contribution in [0.2, 0.25) is 5.02 Å². The Labute approximate surface area is 179 Å². The van der Waals surface area contributed by atoms with E-state index in [1.165, 1.54) is 19.3 Å². The Kier molecular flexibility index (Phi) is 9.14. The largest absolute Gasteiger partial charge is 0.355 e. The molecule has 0 spiro atoms. The maximum absolute atomic E-state index is 12.5. The Balaban J connectivity index is 0.000000500. The van der Waals surface area contributed by atoms with Crippen LogP contribution in [-0.2, 0) is 0 Å². The number of alkyl halides is 1. The van der Waals surface area contributed by atoms with Crippen LogP contribution in [0.25, 0.3) is 0 Å². The van der Waals surface area contributed by atoms with E-state index in [-0.39, 0.29) is 11.3 Å². The van der Waals surface area contributed by atoms with E-state index in [1.54, 1.807) is 0 Å². The predicted octanol–water partition coefficient (Wildman–Crippen LogP) is 7.04. The Bertz CT molecular complexity index is 777. The first-order valence-electron chi connectivity index (χ1n) is 10.0. The maximum Gasteiger partial charge on any atom is 0.253 e. The molecule has 3 rings (SSSR count). The van der Waals surface area contributed by atoms with Gasteiger partial charge in [-0.1, -0.05) is 50.8 Å². The van der Waals surface area contributed by atoms with Crippen molar-refractivity contribution in [3.8, 4) is 0 Å². The first-order chi connectivity index (χ1) is 13.4. The third-order valence-electron chi connectivity index (χ3n) is 4.70. The lowest BCUT2D eigenvalue weighted by atomic mass is 10.1. The lowest BCUT2D eigenvalue weighted by Gasteiger charge is -2.17. The van der Waals surface area contributed by atoms with Crippen molar-refractivity contribution in [1.82, 2.24) is 4.90 Å². The number of aryl methyl sites for hydroxylation is 1. The van der Waals surface area contributed by atoms with Crippen molar-refractivity contribution in [2.24, 2.45) is 0 Å². The van der Waals surface area contributed by atoms with Crippen LogP contribution in [0.15, 0.2) is 42.5 Å². The molecule has 1 fully saturated rings. The molecule has 1 atom stereocenters. The number of nitrogens with zero attached hydrogens (tertiary/aromatic N) is 1. The summed E-state index contributed by atoms with van der Waals surface area (Å²) >= 11 is 12.1. The summed E-state index contributed by atoms with van der Waals surface area (Å²) in [6.07, 6.45) is 4.94. The maximum atomic E-state index is 12.5. The highest BCUT2D eigenvalue weighted by Crippen LogP contribution is 2.25. The summed E-state index contributed by atoms with van der Waals surface area (Å²) in [7, 11) is 0. The number of nitrogens with one attached hydrogen (secondary N) is 1. The molecule has 1 amide bonds. The minimum absolute atomic E-state index is 0.0468. The van der Waals surface area contributed by atoms with Gasteiger partial charge in [0.2, 0.25) is 0 Å². The number of likely N-dealkylation sites (tertiary alicyclic amines) is 1. The summed E-state index contributed by atoms with van der Waals surface area (Å²) in [6.45, 7) is 7.77. The summed E-state index contributed by atoms with van der Waals surface area (Å²) in [5.41, 5.74) is 3.59. The summed E-state index contributed by atoms with van der Waals surface area (Å²) in [4.78, 5) is 14.3. The molecule has 1 aliphatic rings. The van der Waals surface area contributed by atoms with Gasteiger partial charge in [0.25, 0.3) is 5.91 Å². The Morgan fingerprint density at radius 1 is 1.18 bits per heavy atom. The number of carbonyl (C=O) groups is 1. The average molecular weight is 421 g/mol. The van der Waals surface area contributed by atoms with Crippen LogP contribution in [0.4, 0.5) is 11.4 Å². The van der Waals surface area contributed by atoms with Crippen molar-refractivity contribution >= 4 is 40.5 Å². The van der Waals surface area contributed by atoms with Crippen molar-refractivity contribution in [3.05, 3.63) is 58.6 Å². The zero-order valence-electron chi connectivity index (χ0n) is 17.0. The van der Waals surface area contributed by atoms with Crippen LogP contribution >= 0.6 is 23.2 Å². The van der Waals surface area contributed by atoms with Gasteiger partial charge >= 0.3 is 0 Å². The molecule has 2 aromatic carbocycles. The highest BCUT2D eigenvalue weighted by Gasteiger charge is 2.25. The number of hydrogen-bond donors (Lipinski definition) is 1. The molecule has 1 heterocycles. The fourth-order valence-corrected chi connectivity index (χ4v) is 3.55. The number of amides is 1. The van der Waals surface area contributed by atoms with E-state index >= 15 is 0 Å². The van der Waals surface area contributed by atoms with Crippen LogP contribution in [0, 0.1) is 6.92 Å². The molecule has 1 N–H and O–H groups in total. The lowest BCUT2D eigenvalue weighted by molar-refractivity contribution is 0.0793. The highest BCUT2D eigenvalue weighted by atomic mass is 35.5. The highest BCUT2D eigenvalue weighted by molar-refractivity contribution is 6.30. The van der Waals surface area contributed by atoms with Crippen molar-refractivity contribution < 1.29 is 4.79 Å². The predicted molar refractivity (Wildman–Crippen MR) is 121 cm³/mol. The van der Waals surface area contributed by atoms with Gasteiger partial charge in [0.15, 0.2) is 0 Å². The number of anilines is 2. The molecular weight excluding hydrogens is 391 g/mol. The van der Waals surface area contributed by atoms with Gasteiger partial charge in [0.05, 0.1) is 5.38 Å². The second-order valence-electron chi connectivity index (χ2n) is 7.16. The van der Waals surface area contributed by atoms with Crippen LogP contribution in [0.5, 0.6) is 0 Å². The van der Waals surface area contributed by atoms with Crippen LogP contribution in [0.3, 0.4) is 0 Å². The first kappa shape index (κ1) is 22.6. The average Bonchev–Trinajstić information content (AvgIpc) is 3.10. The fraction of sp³-hybridized carbons (Fsp3) is 0.435. The van der Waals surface area contributed by atoms with Gasteiger partial charge in [0.1, 0.15) is 0 Å². The number of benzene rings is 2. The molecule has 0 aromatic heterocycles. The summed E-state index contributed by atoms with van der Waals surface area (Å²) in [5, 5.41) is 4.08. The van der Waals surface area contributed by atoms with E-state index in [0.29, 0.717) is 17.1 Å². The number of halogens is 2. The molecule has 0 saturated carbocycles. The molecule has 2 aromatic rings. The number of rotatable bonds is 5. The van der Waals surface area contributed by atoms with Crippen LogP contribution in [-0.4, -0.2) is 29.3 Å². The van der Waals surface area contributed by atoms with E-state index in [2.05, 4.69) is 19.2 Å². The monoisotopic (exact) mass is 420 g/mol. The van der Waals surface area contributed by atoms with Crippen LogP contribution < -0.4 is 5.32 Å². The van der Waals surface area contributed by atoms with Gasteiger partial charge < -0.3 is 10.2 Å². The van der Waals surface area contributed by atoms with Gasteiger partial charge in [-0.25, -0.2) is 0 Å². The molecule has 1 aliphatic heterocycles. The van der Waals surface area contributed by atoms with Crippen LogP contribution in [0.1, 0.15) is 55.5 Å². The van der Waals surface area contributed by atoms with Crippen molar-refractivity contribution in [2.75, 3.05) is 18.4 Å². The first-order valence-corrected chi connectivity index (χ1v) is 10.8. The number of hydrogen-bond acceptors (Lipinski definition) is 2. The van der Waals surface area contributed by atoms with Gasteiger partial charge in [-0.05, 0) is 55.3 Å². The molecule has 152 valence electrons. The molecular formula is C23H30Cl2N2O. The molecule has 28 heavy (non-hydrogen) atoms. The van der Waals surface area contributed by atoms with Crippen molar-refractivity contribution in [3.63, 3.8) is 0 Å². The summed E-state index contributed by atoms with van der Waals surface area (Å²) in [5.74, 6) is 0.0468. The lowest BCUT2D eigenvalue weighted by Crippen LogP contribution is -2.28. The molecule has 0 aliphatic carbocycles. The van der Waals surface area contributed by atoms with E-state index < -0.39 is 0 Å². The van der Waals surface area contributed by atoms with Gasteiger partial charge in [-0.2, -0.15) is 0 Å². The minimum atomic E-state index is 0.0468. The smallest absolute Gasteiger partial charge is 0.253 e. The molecule has 1 unspecified atom stereocenters. The quantitative estimate of drug-likeness (QED) is 0.525. The zero-order valence-corrected chi connectivity index (χ0v) is 18.5. The van der Waals surface area contributed by atoms with Gasteiger partial charge in [-0.15, -0.1) is 11.6 Å². The topological polar surface area (TPSA) is 32.3 Å². The fourth-order valence-electron chi connectivity index (χ4n) is 3.10. The Hall–Kier alpha value is -1.71. The van der Waals surface area contributed by atoms with E-state index in [1.807, 2.05) is 54.3 Å². The minimum Gasteiger partial charge on any atom is -0.355 e. The third kappa shape index (κ3) is 6.72. The Morgan fingerprint density at radius 2 is 1.93 bits per heavy atom. The summed E-state index contributed by atoms with van der Waals surface area (Å²) < 4.78 is 0. The second kappa shape index (κ2) is 11.3. The molecule has 0 bridgehead atoms. The standard InChI is InChI=1S/C18H18Cl2N2O.C5H12/c1-12-9-13(18(23)22-8-7-15(20)11-22)5-6-17(12)21-16-4-2-3-14(19)10-16;1-3-5-4-2/h2-6,9-10,15,21H,7-8,11H2,1H3;3-5H2,1-2H3. The van der Waals surface area contributed by atoms with E-state index in [0.717, 1.165) is 29.9 Å². The Morgan fingerprint density at radius 3 is 2.46 bits per heavy atom. The van der Waals surface area contributed by atoms with Gasteiger partial charge in [-0.3, -0.25) is 4.79 Å². The number of unbranched alkanes of at least 4 members (excludes halogenated alkanes) is 2. The summed E-state index contributed by atoms with van der Waals surface area (Å²) in [6, 6.07) is 13.2. The molecule has 3 nitrogen and oxygen atoms in total. The van der Waals surface area contributed by atoms with Crippen molar-refractivity contribution in [2.45, 2.75) is 51.8 Å². The number of carbonyl (C=O) groups excluding carboxylic acids is 1. The van der Waals surface area contributed by atoms with Gasteiger partial charge in [0, 0.05) is 35.1 Å². The third-order valence-corrected chi connectivity index (χ3v) is 5.29. The molecule has 0 radical (unpaired) electrons. The zero-order chi connectivity index (χ0) is 20.5.